The number of rotatable bonds is 4. The summed E-state index contributed by atoms with van der Waals surface area (Å²) in [6, 6.07) is 5.72. The fourth-order valence-electron chi connectivity index (χ4n) is 1.62. The fraction of sp³-hybridized carbons (Fsp3) is 0.154. The van der Waals surface area contributed by atoms with Crippen LogP contribution in [0.3, 0.4) is 0 Å². The molecule has 0 aliphatic heterocycles. The highest BCUT2D eigenvalue weighted by Gasteiger charge is 2.09. The molecule has 0 atom stereocenters. The van der Waals surface area contributed by atoms with Crippen molar-refractivity contribution in [3.8, 4) is 0 Å². The Morgan fingerprint density at radius 1 is 1.45 bits per heavy atom. The average Bonchev–Trinajstić information content (AvgIpc) is 2.79. The molecule has 0 saturated heterocycles. The summed E-state index contributed by atoms with van der Waals surface area (Å²) in [6.45, 7) is 1.98. The molecule has 1 aromatic heterocycles. The predicted molar refractivity (Wildman–Crippen MR) is 96.0 cm³/mol. The maximum absolute atomic E-state index is 12.0. The second-order valence-corrected chi connectivity index (χ2v) is 6.06. The number of carbonyl (C=O) groups excluding carboxylic acids is 1. The molecule has 0 fully saturated rings. The van der Waals surface area contributed by atoms with Crippen LogP contribution in [0.2, 0.25) is 0 Å². The van der Waals surface area contributed by atoms with Crippen LogP contribution in [0.4, 0.5) is 10.8 Å². The van der Waals surface area contributed by atoms with E-state index in [-0.39, 0.29) is 30.7 Å². The van der Waals surface area contributed by atoms with Gasteiger partial charge in [0, 0.05) is 9.85 Å². The molecular formula is C13H15BrClN5OS. The van der Waals surface area contributed by atoms with Gasteiger partial charge in [0.25, 0.3) is 0 Å². The van der Waals surface area contributed by atoms with Crippen LogP contribution in [0.1, 0.15) is 11.3 Å². The average molecular weight is 405 g/mol. The molecule has 0 aliphatic carbocycles. The minimum absolute atomic E-state index is 0. The second kappa shape index (κ2) is 8.11. The molecule has 1 amide bonds. The summed E-state index contributed by atoms with van der Waals surface area (Å²) >= 11 is 4.70. The number of carbonyl (C=O) groups is 1. The van der Waals surface area contributed by atoms with Crippen molar-refractivity contribution in [1.29, 1.82) is 0 Å². The molecule has 2 aromatic rings. The summed E-state index contributed by atoms with van der Waals surface area (Å²) in [5, 5.41) is 5.02. The summed E-state index contributed by atoms with van der Waals surface area (Å²) < 4.78 is 0.843. The van der Waals surface area contributed by atoms with E-state index in [0.29, 0.717) is 10.8 Å². The van der Waals surface area contributed by atoms with Gasteiger partial charge in [0.15, 0.2) is 5.96 Å². The van der Waals surface area contributed by atoms with Gasteiger partial charge in [-0.1, -0.05) is 6.07 Å². The van der Waals surface area contributed by atoms with Crippen molar-refractivity contribution in [2.45, 2.75) is 13.3 Å². The summed E-state index contributed by atoms with van der Waals surface area (Å²) in [6.07, 6.45) is 0.164. The molecule has 0 saturated carbocycles. The number of aliphatic imine (C=N–C) groups is 1. The molecule has 0 spiro atoms. The van der Waals surface area contributed by atoms with Crippen LogP contribution < -0.4 is 16.8 Å². The number of benzene rings is 1. The summed E-state index contributed by atoms with van der Waals surface area (Å²) in [7, 11) is 0. The van der Waals surface area contributed by atoms with Gasteiger partial charge in [0.05, 0.1) is 17.8 Å². The Morgan fingerprint density at radius 2 is 2.18 bits per heavy atom. The topological polar surface area (TPSA) is 106 Å². The highest BCUT2D eigenvalue weighted by atomic mass is 79.9. The van der Waals surface area contributed by atoms with Crippen LogP contribution >= 0.6 is 39.7 Å². The number of nitrogens with one attached hydrogen (secondary N) is 1. The largest absolute Gasteiger partial charge is 0.370 e. The Bertz CT molecular complexity index is 699. The number of amides is 1. The van der Waals surface area contributed by atoms with Crippen LogP contribution in [0.25, 0.3) is 0 Å². The zero-order chi connectivity index (χ0) is 15.4. The lowest BCUT2D eigenvalue weighted by atomic mass is 10.2. The van der Waals surface area contributed by atoms with E-state index in [2.05, 4.69) is 31.2 Å². The smallest absolute Gasteiger partial charge is 0.230 e. The molecule has 1 heterocycles. The number of nitrogens with zero attached hydrogens (tertiary/aromatic N) is 2. The lowest BCUT2D eigenvalue weighted by molar-refractivity contribution is -0.115. The second-order valence-electron chi connectivity index (χ2n) is 4.37. The highest BCUT2D eigenvalue weighted by molar-refractivity contribution is 9.10. The summed E-state index contributed by atoms with van der Waals surface area (Å²) in [5.74, 6) is -0.204. The first-order chi connectivity index (χ1) is 9.94. The van der Waals surface area contributed by atoms with Crippen LogP contribution in [0.15, 0.2) is 33.0 Å². The quantitative estimate of drug-likeness (QED) is 0.538. The molecule has 6 nitrogen and oxygen atoms in total. The van der Waals surface area contributed by atoms with E-state index >= 15 is 0 Å². The summed E-state index contributed by atoms with van der Waals surface area (Å²) in [4.78, 5) is 20.0. The maximum atomic E-state index is 12.0. The molecule has 0 aliphatic rings. The van der Waals surface area contributed by atoms with Gasteiger partial charge in [-0.05, 0) is 40.5 Å². The number of anilines is 1. The molecule has 0 unspecified atom stereocenters. The molecule has 2 rings (SSSR count). The van der Waals surface area contributed by atoms with Crippen molar-refractivity contribution in [1.82, 2.24) is 4.98 Å². The number of aryl methyl sites for hydroxylation is 1. The first kappa shape index (κ1) is 18.4. The highest BCUT2D eigenvalue weighted by Crippen LogP contribution is 2.24. The molecule has 9 heteroatoms. The van der Waals surface area contributed by atoms with E-state index in [0.717, 1.165) is 15.7 Å². The Morgan fingerprint density at radius 3 is 2.82 bits per heavy atom. The molecular weight excluding hydrogens is 390 g/mol. The number of hydrogen-bond acceptors (Lipinski definition) is 4. The SMILES string of the molecule is Cc1ccc(NC(=O)Cc2csc(N=C(N)N)n2)c(Br)c1.Cl. The lowest BCUT2D eigenvalue weighted by Gasteiger charge is -2.07. The zero-order valence-corrected chi connectivity index (χ0v) is 14.9. The first-order valence-electron chi connectivity index (χ1n) is 6.04. The van der Waals surface area contributed by atoms with Crippen molar-refractivity contribution >= 4 is 62.4 Å². The molecule has 118 valence electrons. The fourth-order valence-corrected chi connectivity index (χ4v) is 2.92. The van der Waals surface area contributed by atoms with Crippen LogP contribution in [0.5, 0.6) is 0 Å². The third kappa shape index (κ3) is 5.28. The van der Waals surface area contributed by atoms with Crippen LogP contribution in [-0.4, -0.2) is 16.9 Å². The van der Waals surface area contributed by atoms with Crippen LogP contribution in [-0.2, 0) is 11.2 Å². The molecule has 1 aromatic carbocycles. The number of hydrogen-bond donors (Lipinski definition) is 3. The van der Waals surface area contributed by atoms with Crippen LogP contribution in [0, 0.1) is 6.92 Å². The third-order valence-corrected chi connectivity index (χ3v) is 3.94. The minimum atomic E-state index is -0.152. The Balaban J connectivity index is 0.00000242. The zero-order valence-electron chi connectivity index (χ0n) is 11.7. The van der Waals surface area contributed by atoms with Gasteiger partial charge in [-0.25, -0.2) is 4.98 Å². The van der Waals surface area contributed by atoms with E-state index < -0.39 is 0 Å². The van der Waals surface area contributed by atoms with Gasteiger partial charge in [0.2, 0.25) is 11.0 Å². The van der Waals surface area contributed by atoms with E-state index in [4.69, 9.17) is 11.5 Å². The standard InChI is InChI=1S/C13H14BrN5OS.ClH/c1-7-2-3-10(9(14)4-7)18-11(20)5-8-6-21-13(17-8)19-12(15)16;/h2-4,6H,5H2,1H3,(H,18,20)(H4,15,16,17,19);1H. The number of aromatic nitrogens is 1. The maximum Gasteiger partial charge on any atom is 0.230 e. The summed E-state index contributed by atoms with van der Waals surface area (Å²) in [5.41, 5.74) is 13.0. The van der Waals surface area contributed by atoms with Gasteiger partial charge in [-0.3, -0.25) is 4.79 Å². The van der Waals surface area contributed by atoms with Crippen molar-refractivity contribution in [3.63, 3.8) is 0 Å². The van der Waals surface area contributed by atoms with Gasteiger partial charge in [-0.2, -0.15) is 4.99 Å². The molecule has 22 heavy (non-hydrogen) atoms. The third-order valence-electron chi connectivity index (χ3n) is 2.50. The number of nitrogens with two attached hydrogens (primary N) is 2. The molecule has 0 bridgehead atoms. The van der Waals surface area contributed by atoms with Crippen molar-refractivity contribution in [2.75, 3.05) is 5.32 Å². The Hall–Kier alpha value is -1.64. The van der Waals surface area contributed by atoms with Gasteiger partial charge in [-0.15, -0.1) is 23.7 Å². The Labute approximate surface area is 146 Å². The molecule has 5 N–H and O–H groups in total. The normalized spacial score (nSPS) is 9.73. The van der Waals surface area contributed by atoms with E-state index in [1.54, 1.807) is 5.38 Å². The van der Waals surface area contributed by atoms with Crippen molar-refractivity contribution in [2.24, 2.45) is 16.5 Å². The number of thiazole rings is 1. The van der Waals surface area contributed by atoms with E-state index in [9.17, 15) is 4.79 Å². The monoisotopic (exact) mass is 403 g/mol. The number of halogens is 2. The van der Waals surface area contributed by atoms with Crippen molar-refractivity contribution < 1.29 is 4.79 Å². The molecule has 0 radical (unpaired) electrons. The van der Waals surface area contributed by atoms with E-state index in [1.807, 2.05) is 25.1 Å². The predicted octanol–water partition coefficient (Wildman–Crippen LogP) is 2.72. The van der Waals surface area contributed by atoms with Gasteiger partial charge < -0.3 is 16.8 Å². The first-order valence-corrected chi connectivity index (χ1v) is 7.71. The lowest BCUT2D eigenvalue weighted by Crippen LogP contribution is -2.21. The van der Waals surface area contributed by atoms with Crippen molar-refractivity contribution in [3.05, 3.63) is 39.3 Å². The Kier molecular flexibility index (Phi) is 6.79. The minimum Gasteiger partial charge on any atom is -0.370 e. The van der Waals surface area contributed by atoms with Gasteiger partial charge in [0.1, 0.15) is 0 Å². The van der Waals surface area contributed by atoms with Gasteiger partial charge >= 0.3 is 0 Å². The number of guanidine groups is 1. The van der Waals surface area contributed by atoms with E-state index in [1.165, 1.54) is 11.3 Å².